The van der Waals surface area contributed by atoms with Crippen LogP contribution in [0.4, 0.5) is 0 Å². The number of guanidine groups is 1. The number of aliphatic hydroxyl groups is 1. The molecule has 0 radical (unpaired) electrons. The third kappa shape index (κ3) is 5.61. The lowest BCUT2D eigenvalue weighted by molar-refractivity contribution is 0.127. The molecule has 1 unspecified atom stereocenters. The number of ether oxygens (including phenoxy) is 2. The standard InChI is InChI=1S/C19H31N3O3/c1-4-25-17-6-5-16(11-15(17)2)12-21-18(20-3)22-13-19(7-9-23)8-10-24-14-19/h5-6,11,23H,4,7-10,12-14H2,1-3H3,(H2,20,21,22). The molecule has 1 fully saturated rings. The highest BCUT2D eigenvalue weighted by atomic mass is 16.5. The fourth-order valence-electron chi connectivity index (χ4n) is 3.13. The Balaban J connectivity index is 1.87. The van der Waals surface area contributed by atoms with Crippen LogP contribution in [0.15, 0.2) is 23.2 Å². The summed E-state index contributed by atoms with van der Waals surface area (Å²) in [5.41, 5.74) is 2.31. The molecule has 1 heterocycles. The Bertz CT molecular complexity index is 569. The molecule has 6 heteroatoms. The van der Waals surface area contributed by atoms with E-state index in [0.29, 0.717) is 19.8 Å². The van der Waals surface area contributed by atoms with Crippen molar-refractivity contribution in [3.63, 3.8) is 0 Å². The van der Waals surface area contributed by atoms with E-state index in [-0.39, 0.29) is 12.0 Å². The molecule has 0 spiro atoms. The lowest BCUT2D eigenvalue weighted by atomic mass is 9.84. The van der Waals surface area contributed by atoms with Crippen LogP contribution in [0.3, 0.4) is 0 Å². The zero-order chi connectivity index (χ0) is 18.1. The van der Waals surface area contributed by atoms with Crippen molar-refractivity contribution in [3.8, 4) is 5.75 Å². The Morgan fingerprint density at radius 3 is 2.84 bits per heavy atom. The first kappa shape index (κ1) is 19.5. The first-order chi connectivity index (χ1) is 12.1. The van der Waals surface area contributed by atoms with E-state index in [1.54, 1.807) is 7.05 Å². The van der Waals surface area contributed by atoms with E-state index < -0.39 is 0 Å². The van der Waals surface area contributed by atoms with Crippen LogP contribution in [0.5, 0.6) is 5.75 Å². The first-order valence-electron chi connectivity index (χ1n) is 8.98. The largest absolute Gasteiger partial charge is 0.494 e. The second-order valence-corrected chi connectivity index (χ2v) is 6.59. The van der Waals surface area contributed by atoms with Gasteiger partial charge in [-0.15, -0.1) is 0 Å². The summed E-state index contributed by atoms with van der Waals surface area (Å²) in [7, 11) is 1.77. The van der Waals surface area contributed by atoms with Crippen LogP contribution in [0.2, 0.25) is 0 Å². The van der Waals surface area contributed by atoms with Gasteiger partial charge in [-0.05, 0) is 43.9 Å². The van der Waals surface area contributed by atoms with Gasteiger partial charge >= 0.3 is 0 Å². The van der Waals surface area contributed by atoms with Crippen molar-refractivity contribution >= 4 is 5.96 Å². The highest BCUT2D eigenvalue weighted by Crippen LogP contribution is 2.31. The van der Waals surface area contributed by atoms with Crippen LogP contribution >= 0.6 is 0 Å². The number of rotatable bonds is 8. The van der Waals surface area contributed by atoms with Crippen molar-refractivity contribution in [1.82, 2.24) is 10.6 Å². The molecular weight excluding hydrogens is 318 g/mol. The van der Waals surface area contributed by atoms with Gasteiger partial charge in [0, 0.05) is 38.8 Å². The minimum absolute atomic E-state index is 0.00208. The van der Waals surface area contributed by atoms with E-state index in [0.717, 1.165) is 43.3 Å². The van der Waals surface area contributed by atoms with Gasteiger partial charge in [-0.3, -0.25) is 4.99 Å². The van der Waals surface area contributed by atoms with E-state index in [1.165, 1.54) is 5.56 Å². The van der Waals surface area contributed by atoms with Crippen LogP contribution in [-0.4, -0.2) is 51.1 Å². The van der Waals surface area contributed by atoms with Gasteiger partial charge in [0.25, 0.3) is 0 Å². The van der Waals surface area contributed by atoms with Gasteiger partial charge in [0.05, 0.1) is 13.2 Å². The maximum atomic E-state index is 9.31. The fraction of sp³-hybridized carbons (Fsp3) is 0.632. The molecule has 0 saturated carbocycles. The number of hydrogen-bond donors (Lipinski definition) is 3. The van der Waals surface area contributed by atoms with E-state index in [9.17, 15) is 5.11 Å². The number of aliphatic imine (C=N–C) groups is 1. The highest BCUT2D eigenvalue weighted by Gasteiger charge is 2.34. The third-order valence-corrected chi connectivity index (χ3v) is 4.68. The number of hydrogen-bond acceptors (Lipinski definition) is 4. The first-order valence-corrected chi connectivity index (χ1v) is 8.98. The minimum atomic E-state index is 0.00208. The molecule has 1 saturated heterocycles. The van der Waals surface area contributed by atoms with E-state index >= 15 is 0 Å². The Hall–Kier alpha value is -1.79. The van der Waals surface area contributed by atoms with Crippen molar-refractivity contribution in [3.05, 3.63) is 29.3 Å². The average Bonchev–Trinajstić information content (AvgIpc) is 3.06. The predicted molar refractivity (Wildman–Crippen MR) is 100 cm³/mol. The molecule has 1 aliphatic rings. The monoisotopic (exact) mass is 349 g/mol. The molecule has 0 bridgehead atoms. The van der Waals surface area contributed by atoms with Crippen LogP contribution < -0.4 is 15.4 Å². The van der Waals surface area contributed by atoms with Crippen LogP contribution in [-0.2, 0) is 11.3 Å². The molecule has 0 aliphatic carbocycles. The quantitative estimate of drug-likeness (QED) is 0.493. The van der Waals surface area contributed by atoms with Crippen molar-refractivity contribution in [2.24, 2.45) is 10.4 Å². The molecular formula is C19H31N3O3. The summed E-state index contributed by atoms with van der Waals surface area (Å²) >= 11 is 0. The molecule has 140 valence electrons. The van der Waals surface area contributed by atoms with Crippen molar-refractivity contribution in [1.29, 1.82) is 0 Å². The SMILES string of the molecule is CCOc1ccc(CNC(=NC)NCC2(CCO)CCOC2)cc1C. The molecule has 0 amide bonds. The van der Waals surface area contributed by atoms with Crippen molar-refractivity contribution < 1.29 is 14.6 Å². The summed E-state index contributed by atoms with van der Waals surface area (Å²) in [4.78, 5) is 4.29. The highest BCUT2D eigenvalue weighted by molar-refractivity contribution is 5.79. The second kappa shape index (κ2) is 9.63. The lowest BCUT2D eigenvalue weighted by Gasteiger charge is -2.27. The van der Waals surface area contributed by atoms with Crippen molar-refractivity contribution in [2.45, 2.75) is 33.2 Å². The molecule has 1 aromatic rings. The maximum absolute atomic E-state index is 9.31. The van der Waals surface area contributed by atoms with Crippen LogP contribution in [0, 0.1) is 12.3 Å². The number of benzene rings is 1. The molecule has 2 rings (SSSR count). The van der Waals surface area contributed by atoms with Gasteiger partial charge in [0.15, 0.2) is 5.96 Å². The Morgan fingerprint density at radius 1 is 1.40 bits per heavy atom. The zero-order valence-corrected chi connectivity index (χ0v) is 15.6. The van der Waals surface area contributed by atoms with Gasteiger partial charge in [-0.1, -0.05) is 12.1 Å². The Labute approximate surface area is 150 Å². The summed E-state index contributed by atoms with van der Waals surface area (Å²) in [5, 5.41) is 16.0. The zero-order valence-electron chi connectivity index (χ0n) is 15.6. The molecule has 1 aromatic carbocycles. The molecule has 25 heavy (non-hydrogen) atoms. The molecule has 3 N–H and O–H groups in total. The number of nitrogens with zero attached hydrogens (tertiary/aromatic N) is 1. The van der Waals surface area contributed by atoms with E-state index in [2.05, 4.69) is 34.7 Å². The molecule has 0 aromatic heterocycles. The predicted octanol–water partition coefficient (Wildman–Crippen LogP) is 1.85. The number of aryl methyl sites for hydroxylation is 1. The summed E-state index contributed by atoms with van der Waals surface area (Å²) in [5.74, 6) is 1.69. The molecule has 1 atom stereocenters. The van der Waals surface area contributed by atoms with Gasteiger partial charge in [0.2, 0.25) is 0 Å². The van der Waals surface area contributed by atoms with Crippen molar-refractivity contribution in [2.75, 3.05) is 40.0 Å². The third-order valence-electron chi connectivity index (χ3n) is 4.68. The number of aliphatic hydroxyl groups excluding tert-OH is 1. The Kier molecular flexibility index (Phi) is 7.52. The van der Waals surface area contributed by atoms with E-state index in [4.69, 9.17) is 9.47 Å². The summed E-state index contributed by atoms with van der Waals surface area (Å²) < 4.78 is 11.1. The number of nitrogens with one attached hydrogen (secondary N) is 2. The van der Waals surface area contributed by atoms with Gasteiger partial charge in [0.1, 0.15) is 5.75 Å². The van der Waals surface area contributed by atoms with Crippen LogP contribution in [0.25, 0.3) is 0 Å². The maximum Gasteiger partial charge on any atom is 0.191 e. The molecule has 1 aliphatic heterocycles. The second-order valence-electron chi connectivity index (χ2n) is 6.59. The topological polar surface area (TPSA) is 75.1 Å². The normalized spacial score (nSPS) is 20.6. The lowest BCUT2D eigenvalue weighted by Crippen LogP contribution is -2.44. The summed E-state index contributed by atoms with van der Waals surface area (Å²) in [6.45, 7) is 7.79. The van der Waals surface area contributed by atoms with Gasteiger partial charge in [-0.25, -0.2) is 0 Å². The fourth-order valence-corrected chi connectivity index (χ4v) is 3.13. The minimum Gasteiger partial charge on any atom is -0.494 e. The summed E-state index contributed by atoms with van der Waals surface area (Å²) in [6, 6.07) is 6.21. The molecule has 6 nitrogen and oxygen atoms in total. The van der Waals surface area contributed by atoms with E-state index in [1.807, 2.05) is 13.0 Å². The smallest absolute Gasteiger partial charge is 0.191 e. The van der Waals surface area contributed by atoms with Crippen LogP contribution in [0.1, 0.15) is 30.9 Å². The van der Waals surface area contributed by atoms with Gasteiger partial charge in [-0.2, -0.15) is 0 Å². The average molecular weight is 349 g/mol. The van der Waals surface area contributed by atoms with Gasteiger partial charge < -0.3 is 25.2 Å². The Morgan fingerprint density at radius 2 is 2.24 bits per heavy atom. The summed E-state index contributed by atoms with van der Waals surface area (Å²) in [6.07, 6.45) is 1.71.